The summed E-state index contributed by atoms with van der Waals surface area (Å²) < 4.78 is 0. The van der Waals surface area contributed by atoms with Crippen molar-refractivity contribution in [3.8, 4) is 0 Å². The van der Waals surface area contributed by atoms with Crippen LogP contribution in [0.25, 0.3) is 0 Å². The SMILES string of the molecule is CC(C)(C)C(=O)C1CN(CC(C)(C)C(=O)C2CCNCC2)C1. The summed E-state index contributed by atoms with van der Waals surface area (Å²) >= 11 is 0. The van der Waals surface area contributed by atoms with Crippen molar-refractivity contribution in [1.82, 2.24) is 10.2 Å². The number of piperidine rings is 1. The summed E-state index contributed by atoms with van der Waals surface area (Å²) in [5.74, 6) is 1.13. The zero-order chi connectivity index (χ0) is 16.5. The number of ketones is 2. The summed E-state index contributed by atoms with van der Waals surface area (Å²) in [6.07, 6.45) is 1.93. The first kappa shape index (κ1) is 17.6. The van der Waals surface area contributed by atoms with E-state index in [0.717, 1.165) is 45.6 Å². The Kier molecular flexibility index (Phi) is 5.13. The van der Waals surface area contributed by atoms with E-state index in [1.165, 1.54) is 0 Å². The van der Waals surface area contributed by atoms with Gasteiger partial charge in [0.2, 0.25) is 0 Å². The van der Waals surface area contributed by atoms with Gasteiger partial charge in [0.25, 0.3) is 0 Å². The molecule has 2 aliphatic heterocycles. The molecule has 0 spiro atoms. The molecule has 2 rings (SSSR count). The van der Waals surface area contributed by atoms with Crippen LogP contribution in [0.3, 0.4) is 0 Å². The molecule has 0 aromatic rings. The first-order chi connectivity index (χ1) is 10.1. The Hall–Kier alpha value is -0.740. The van der Waals surface area contributed by atoms with Gasteiger partial charge in [0.1, 0.15) is 11.6 Å². The Morgan fingerprint density at radius 1 is 0.955 bits per heavy atom. The first-order valence-electron chi connectivity index (χ1n) is 8.63. The van der Waals surface area contributed by atoms with Crippen LogP contribution in [0.1, 0.15) is 47.5 Å². The highest BCUT2D eigenvalue weighted by Crippen LogP contribution is 2.32. The molecular formula is C18H32N2O2. The average Bonchev–Trinajstić information content (AvgIpc) is 2.40. The van der Waals surface area contributed by atoms with Crippen molar-refractivity contribution in [2.24, 2.45) is 22.7 Å². The Labute approximate surface area is 135 Å². The lowest BCUT2D eigenvalue weighted by Crippen LogP contribution is -2.56. The van der Waals surface area contributed by atoms with Gasteiger partial charge in [0, 0.05) is 42.3 Å². The number of Topliss-reactive ketones (excluding diaryl/α,β-unsaturated/α-hetero) is 2. The van der Waals surface area contributed by atoms with Gasteiger partial charge in [-0.2, -0.15) is 0 Å². The number of rotatable bonds is 5. The van der Waals surface area contributed by atoms with E-state index in [4.69, 9.17) is 0 Å². The number of hydrogen-bond donors (Lipinski definition) is 1. The minimum Gasteiger partial charge on any atom is -0.317 e. The fraction of sp³-hybridized carbons (Fsp3) is 0.889. The molecule has 0 aliphatic carbocycles. The molecule has 4 nitrogen and oxygen atoms in total. The average molecular weight is 308 g/mol. The van der Waals surface area contributed by atoms with Gasteiger partial charge in [0.15, 0.2) is 0 Å². The Morgan fingerprint density at radius 3 is 2.00 bits per heavy atom. The molecule has 0 amide bonds. The standard InChI is InChI=1S/C18H32N2O2/c1-17(2,3)15(21)14-10-20(11-14)12-18(4,5)16(22)13-6-8-19-9-7-13/h13-14,19H,6-12H2,1-5H3. The maximum atomic E-state index is 12.7. The summed E-state index contributed by atoms with van der Waals surface area (Å²) in [7, 11) is 0. The molecule has 2 heterocycles. The molecule has 0 bridgehead atoms. The normalized spacial score (nSPS) is 22.4. The highest BCUT2D eigenvalue weighted by atomic mass is 16.1. The molecule has 126 valence electrons. The minimum atomic E-state index is -0.308. The molecule has 0 unspecified atom stereocenters. The third kappa shape index (κ3) is 3.96. The fourth-order valence-electron chi connectivity index (χ4n) is 3.75. The zero-order valence-corrected chi connectivity index (χ0v) is 14.9. The Morgan fingerprint density at radius 2 is 1.50 bits per heavy atom. The van der Waals surface area contributed by atoms with E-state index < -0.39 is 0 Å². The number of nitrogens with zero attached hydrogens (tertiary/aromatic N) is 1. The largest absolute Gasteiger partial charge is 0.317 e. The fourth-order valence-corrected chi connectivity index (χ4v) is 3.75. The molecule has 0 aromatic carbocycles. The van der Waals surface area contributed by atoms with E-state index in [0.29, 0.717) is 11.6 Å². The molecule has 2 aliphatic rings. The number of nitrogens with one attached hydrogen (secondary N) is 1. The monoisotopic (exact) mass is 308 g/mol. The van der Waals surface area contributed by atoms with Crippen molar-refractivity contribution < 1.29 is 9.59 Å². The molecule has 0 radical (unpaired) electrons. The van der Waals surface area contributed by atoms with Crippen LogP contribution >= 0.6 is 0 Å². The lowest BCUT2D eigenvalue weighted by Gasteiger charge is -2.44. The van der Waals surface area contributed by atoms with E-state index in [-0.39, 0.29) is 22.7 Å². The quantitative estimate of drug-likeness (QED) is 0.845. The Balaban J connectivity index is 1.83. The predicted molar refractivity (Wildman–Crippen MR) is 88.8 cm³/mol. The summed E-state index contributed by atoms with van der Waals surface area (Å²) in [5, 5.41) is 3.32. The van der Waals surface area contributed by atoms with E-state index >= 15 is 0 Å². The maximum absolute atomic E-state index is 12.7. The number of likely N-dealkylation sites (tertiary alicyclic amines) is 1. The van der Waals surface area contributed by atoms with Gasteiger partial charge in [0.05, 0.1) is 0 Å². The van der Waals surface area contributed by atoms with Crippen LogP contribution in [0.2, 0.25) is 0 Å². The van der Waals surface area contributed by atoms with Gasteiger partial charge in [-0.15, -0.1) is 0 Å². The first-order valence-corrected chi connectivity index (χ1v) is 8.63. The third-order valence-electron chi connectivity index (χ3n) is 5.06. The summed E-state index contributed by atoms with van der Waals surface area (Å²) in [4.78, 5) is 27.3. The van der Waals surface area contributed by atoms with Crippen molar-refractivity contribution >= 4 is 11.6 Å². The molecule has 0 atom stereocenters. The van der Waals surface area contributed by atoms with Crippen LogP contribution in [0, 0.1) is 22.7 Å². The van der Waals surface area contributed by atoms with Crippen LogP contribution in [-0.2, 0) is 9.59 Å². The van der Waals surface area contributed by atoms with Gasteiger partial charge in [-0.05, 0) is 25.9 Å². The smallest absolute Gasteiger partial charge is 0.143 e. The van der Waals surface area contributed by atoms with Crippen molar-refractivity contribution in [3.05, 3.63) is 0 Å². The maximum Gasteiger partial charge on any atom is 0.143 e. The van der Waals surface area contributed by atoms with Crippen LogP contribution in [-0.4, -0.2) is 49.2 Å². The van der Waals surface area contributed by atoms with Crippen LogP contribution in [0.5, 0.6) is 0 Å². The molecule has 0 saturated carbocycles. The van der Waals surface area contributed by atoms with Crippen LogP contribution in [0.4, 0.5) is 0 Å². The second kappa shape index (κ2) is 6.40. The van der Waals surface area contributed by atoms with Gasteiger partial charge in [-0.3, -0.25) is 9.59 Å². The van der Waals surface area contributed by atoms with Crippen LogP contribution in [0.15, 0.2) is 0 Å². The molecule has 1 N–H and O–H groups in total. The van der Waals surface area contributed by atoms with Crippen molar-refractivity contribution in [2.75, 3.05) is 32.7 Å². The lowest BCUT2D eigenvalue weighted by atomic mass is 9.75. The lowest BCUT2D eigenvalue weighted by molar-refractivity contribution is -0.139. The molecule has 2 fully saturated rings. The topological polar surface area (TPSA) is 49.4 Å². The van der Waals surface area contributed by atoms with Crippen molar-refractivity contribution in [1.29, 1.82) is 0 Å². The molecule has 4 heteroatoms. The minimum absolute atomic E-state index is 0.157. The Bertz CT molecular complexity index is 425. The highest BCUT2D eigenvalue weighted by Gasteiger charge is 2.42. The van der Waals surface area contributed by atoms with Gasteiger partial charge in [-0.25, -0.2) is 0 Å². The number of hydrogen-bond acceptors (Lipinski definition) is 4. The van der Waals surface area contributed by atoms with E-state index in [9.17, 15) is 9.59 Å². The number of carbonyl (C=O) groups is 2. The van der Waals surface area contributed by atoms with Gasteiger partial charge in [-0.1, -0.05) is 34.6 Å². The zero-order valence-electron chi connectivity index (χ0n) is 14.9. The molecule has 0 aromatic heterocycles. The summed E-state index contributed by atoms with van der Waals surface area (Å²) in [5.41, 5.74) is -0.561. The number of carbonyl (C=O) groups excluding carboxylic acids is 2. The van der Waals surface area contributed by atoms with Gasteiger partial charge >= 0.3 is 0 Å². The van der Waals surface area contributed by atoms with E-state index in [2.05, 4.69) is 24.1 Å². The van der Waals surface area contributed by atoms with E-state index in [1.807, 2.05) is 20.8 Å². The third-order valence-corrected chi connectivity index (χ3v) is 5.06. The highest BCUT2D eigenvalue weighted by molar-refractivity contribution is 5.88. The molecule has 22 heavy (non-hydrogen) atoms. The summed E-state index contributed by atoms with van der Waals surface area (Å²) in [6, 6.07) is 0. The van der Waals surface area contributed by atoms with Crippen LogP contribution < -0.4 is 5.32 Å². The molecular weight excluding hydrogens is 276 g/mol. The van der Waals surface area contributed by atoms with Crippen molar-refractivity contribution in [3.63, 3.8) is 0 Å². The second-order valence-electron chi connectivity index (χ2n) is 8.78. The van der Waals surface area contributed by atoms with Crippen molar-refractivity contribution in [2.45, 2.75) is 47.5 Å². The second-order valence-corrected chi connectivity index (χ2v) is 8.78. The van der Waals surface area contributed by atoms with Gasteiger partial charge < -0.3 is 10.2 Å². The van der Waals surface area contributed by atoms with E-state index in [1.54, 1.807) is 0 Å². The molecule has 2 saturated heterocycles. The summed E-state index contributed by atoms with van der Waals surface area (Å²) in [6.45, 7) is 14.4. The predicted octanol–water partition coefficient (Wildman–Crippen LogP) is 2.13.